The van der Waals surface area contributed by atoms with Gasteiger partial charge in [0.05, 0.1) is 23.5 Å². The van der Waals surface area contributed by atoms with E-state index in [1.807, 2.05) is 6.92 Å². The van der Waals surface area contributed by atoms with Gasteiger partial charge < -0.3 is 5.32 Å². The maximum atomic E-state index is 11.8. The number of hydrogen-bond acceptors (Lipinski definition) is 2. The van der Waals surface area contributed by atoms with Gasteiger partial charge in [-0.1, -0.05) is 30.9 Å². The fraction of sp³-hybridized carbons (Fsp3) is 0.692. The minimum absolute atomic E-state index is 0.118. The average molecular weight is 270 g/mol. The Labute approximate surface area is 113 Å². The van der Waals surface area contributed by atoms with E-state index in [2.05, 4.69) is 10.4 Å². The first-order chi connectivity index (χ1) is 8.66. The fourth-order valence-corrected chi connectivity index (χ4v) is 2.54. The molecule has 100 valence electrons. The number of carbonyl (C=O) groups is 1. The third-order valence-corrected chi connectivity index (χ3v) is 3.94. The summed E-state index contributed by atoms with van der Waals surface area (Å²) in [6.07, 6.45) is 8.11. The number of nitrogens with one attached hydrogen (secondary N) is 1. The van der Waals surface area contributed by atoms with Crippen LogP contribution >= 0.6 is 11.6 Å². The number of aromatic nitrogens is 2. The number of halogens is 1. The van der Waals surface area contributed by atoms with Gasteiger partial charge in [-0.25, -0.2) is 0 Å². The quantitative estimate of drug-likeness (QED) is 0.914. The molecule has 1 aliphatic rings. The summed E-state index contributed by atoms with van der Waals surface area (Å²) < 4.78 is 1.78. The lowest BCUT2D eigenvalue weighted by molar-refractivity contribution is -0.122. The third kappa shape index (κ3) is 3.48. The van der Waals surface area contributed by atoms with Gasteiger partial charge in [0.2, 0.25) is 5.91 Å². The van der Waals surface area contributed by atoms with Crippen molar-refractivity contribution in [2.45, 2.75) is 58.0 Å². The lowest BCUT2D eigenvalue weighted by Crippen LogP contribution is -2.36. The molecule has 1 aromatic rings. The minimum atomic E-state index is 0.118. The fourth-order valence-electron chi connectivity index (χ4n) is 2.40. The molecule has 2 rings (SSSR count). The largest absolute Gasteiger partial charge is 0.353 e. The van der Waals surface area contributed by atoms with E-state index >= 15 is 0 Å². The first-order valence-electron chi connectivity index (χ1n) is 6.64. The second kappa shape index (κ2) is 6.23. The standard InChI is InChI=1S/C13H20ClN3O/c1-10-12(14)9-15-17(10)8-7-13(18)16-11-5-3-2-4-6-11/h9,11H,2-8H2,1H3,(H,16,18). The zero-order valence-electron chi connectivity index (χ0n) is 10.8. The summed E-state index contributed by atoms with van der Waals surface area (Å²) in [6.45, 7) is 2.51. The van der Waals surface area contributed by atoms with Gasteiger partial charge in [-0.2, -0.15) is 5.10 Å². The molecule has 1 fully saturated rings. The van der Waals surface area contributed by atoms with Crippen molar-refractivity contribution in [3.63, 3.8) is 0 Å². The maximum Gasteiger partial charge on any atom is 0.222 e. The number of amides is 1. The molecule has 1 aromatic heterocycles. The average Bonchev–Trinajstić information content (AvgIpc) is 2.69. The Bertz CT molecular complexity index is 410. The van der Waals surface area contributed by atoms with Crippen LogP contribution in [0.25, 0.3) is 0 Å². The van der Waals surface area contributed by atoms with Crippen LogP contribution in [0.3, 0.4) is 0 Å². The Morgan fingerprint density at radius 1 is 1.50 bits per heavy atom. The van der Waals surface area contributed by atoms with Crippen LogP contribution in [0.2, 0.25) is 5.02 Å². The summed E-state index contributed by atoms with van der Waals surface area (Å²) in [6, 6.07) is 0.383. The van der Waals surface area contributed by atoms with Crippen LogP contribution in [0, 0.1) is 6.92 Å². The highest BCUT2D eigenvalue weighted by molar-refractivity contribution is 6.31. The molecule has 1 heterocycles. The molecule has 0 aliphatic heterocycles. The van der Waals surface area contributed by atoms with Crippen molar-refractivity contribution in [2.75, 3.05) is 0 Å². The number of hydrogen-bond donors (Lipinski definition) is 1. The van der Waals surface area contributed by atoms with Crippen molar-refractivity contribution in [3.05, 3.63) is 16.9 Å². The summed E-state index contributed by atoms with van der Waals surface area (Å²) in [5.74, 6) is 0.118. The minimum Gasteiger partial charge on any atom is -0.353 e. The van der Waals surface area contributed by atoms with Crippen molar-refractivity contribution < 1.29 is 4.79 Å². The van der Waals surface area contributed by atoms with Crippen LogP contribution in [-0.4, -0.2) is 21.7 Å². The Kier molecular flexibility index (Phi) is 4.64. The molecule has 0 bridgehead atoms. The number of nitrogens with zero attached hydrogens (tertiary/aromatic N) is 2. The molecule has 1 aliphatic carbocycles. The summed E-state index contributed by atoms with van der Waals surface area (Å²) in [7, 11) is 0. The molecule has 4 nitrogen and oxygen atoms in total. The Morgan fingerprint density at radius 2 is 2.22 bits per heavy atom. The van der Waals surface area contributed by atoms with E-state index in [0.717, 1.165) is 18.5 Å². The van der Waals surface area contributed by atoms with Crippen LogP contribution in [0.15, 0.2) is 6.20 Å². The van der Waals surface area contributed by atoms with E-state index in [0.29, 0.717) is 24.0 Å². The van der Waals surface area contributed by atoms with E-state index < -0.39 is 0 Å². The monoisotopic (exact) mass is 269 g/mol. The van der Waals surface area contributed by atoms with Crippen molar-refractivity contribution in [1.82, 2.24) is 15.1 Å². The van der Waals surface area contributed by atoms with Gasteiger partial charge in [0.1, 0.15) is 0 Å². The smallest absolute Gasteiger partial charge is 0.222 e. The topological polar surface area (TPSA) is 46.9 Å². The van der Waals surface area contributed by atoms with Crippen LogP contribution in [0.5, 0.6) is 0 Å². The number of aryl methyl sites for hydroxylation is 1. The third-order valence-electron chi connectivity index (χ3n) is 3.56. The molecular weight excluding hydrogens is 250 g/mol. The van der Waals surface area contributed by atoms with Crippen LogP contribution in [0.4, 0.5) is 0 Å². The molecule has 1 amide bonds. The molecule has 18 heavy (non-hydrogen) atoms. The van der Waals surface area contributed by atoms with Crippen molar-refractivity contribution in [1.29, 1.82) is 0 Å². The summed E-state index contributed by atoms with van der Waals surface area (Å²) in [5, 5.41) is 7.90. The van der Waals surface area contributed by atoms with Gasteiger partial charge in [-0.15, -0.1) is 0 Å². The van der Waals surface area contributed by atoms with Crippen LogP contribution < -0.4 is 5.32 Å². The predicted molar refractivity (Wildman–Crippen MR) is 71.6 cm³/mol. The zero-order valence-corrected chi connectivity index (χ0v) is 11.5. The summed E-state index contributed by atoms with van der Waals surface area (Å²) in [4.78, 5) is 11.8. The lowest BCUT2D eigenvalue weighted by atomic mass is 9.95. The highest BCUT2D eigenvalue weighted by atomic mass is 35.5. The van der Waals surface area contributed by atoms with Gasteiger partial charge >= 0.3 is 0 Å². The van der Waals surface area contributed by atoms with Gasteiger partial charge in [-0.3, -0.25) is 9.48 Å². The van der Waals surface area contributed by atoms with Crippen molar-refractivity contribution >= 4 is 17.5 Å². The van der Waals surface area contributed by atoms with E-state index in [9.17, 15) is 4.79 Å². The first kappa shape index (κ1) is 13.4. The second-order valence-corrected chi connectivity index (χ2v) is 5.36. The molecule has 0 saturated heterocycles. The van der Waals surface area contributed by atoms with Crippen LogP contribution in [0.1, 0.15) is 44.2 Å². The molecular formula is C13H20ClN3O. The van der Waals surface area contributed by atoms with Crippen molar-refractivity contribution in [2.24, 2.45) is 0 Å². The molecule has 1 saturated carbocycles. The van der Waals surface area contributed by atoms with Gasteiger partial charge in [0.25, 0.3) is 0 Å². The van der Waals surface area contributed by atoms with Gasteiger partial charge in [0.15, 0.2) is 0 Å². The molecule has 0 radical (unpaired) electrons. The SMILES string of the molecule is Cc1c(Cl)cnn1CCC(=O)NC1CCCCC1. The van der Waals surface area contributed by atoms with E-state index in [4.69, 9.17) is 11.6 Å². The second-order valence-electron chi connectivity index (χ2n) is 4.95. The number of carbonyl (C=O) groups excluding carboxylic acids is 1. The van der Waals surface area contributed by atoms with Gasteiger partial charge in [0, 0.05) is 12.5 Å². The van der Waals surface area contributed by atoms with Crippen molar-refractivity contribution in [3.8, 4) is 0 Å². The van der Waals surface area contributed by atoms with Gasteiger partial charge in [-0.05, 0) is 19.8 Å². The summed E-state index contributed by atoms with van der Waals surface area (Å²) >= 11 is 5.92. The Balaban J connectivity index is 1.76. The molecule has 5 heteroatoms. The first-order valence-corrected chi connectivity index (χ1v) is 7.02. The Morgan fingerprint density at radius 3 is 2.83 bits per heavy atom. The Hall–Kier alpha value is -1.03. The predicted octanol–water partition coefficient (Wildman–Crippen LogP) is 2.68. The van der Waals surface area contributed by atoms with E-state index in [1.165, 1.54) is 19.3 Å². The summed E-state index contributed by atoms with van der Waals surface area (Å²) in [5.41, 5.74) is 0.919. The molecule has 0 aromatic carbocycles. The number of rotatable bonds is 4. The molecule has 0 atom stereocenters. The highest BCUT2D eigenvalue weighted by Gasteiger charge is 2.15. The molecule has 0 spiro atoms. The van der Waals surface area contributed by atoms with E-state index in [-0.39, 0.29) is 5.91 Å². The zero-order chi connectivity index (χ0) is 13.0. The molecule has 1 N–H and O–H groups in total. The molecule has 0 unspecified atom stereocenters. The lowest BCUT2D eigenvalue weighted by Gasteiger charge is -2.22. The van der Waals surface area contributed by atoms with Crippen LogP contribution in [-0.2, 0) is 11.3 Å². The maximum absolute atomic E-state index is 11.8. The van der Waals surface area contributed by atoms with E-state index in [1.54, 1.807) is 10.9 Å². The normalized spacial score (nSPS) is 16.8. The highest BCUT2D eigenvalue weighted by Crippen LogP contribution is 2.17.